The van der Waals surface area contributed by atoms with E-state index in [4.69, 9.17) is 5.73 Å². The number of aryl methyl sites for hydroxylation is 1. The minimum Gasteiger partial charge on any atom is -0.396 e. The van der Waals surface area contributed by atoms with E-state index in [1.807, 2.05) is 0 Å². The molecule has 0 aromatic heterocycles. The van der Waals surface area contributed by atoms with E-state index >= 15 is 0 Å². The molecule has 1 aliphatic rings. The van der Waals surface area contributed by atoms with Crippen molar-refractivity contribution >= 4 is 15.7 Å². The van der Waals surface area contributed by atoms with Crippen molar-refractivity contribution in [3.63, 3.8) is 0 Å². The summed E-state index contributed by atoms with van der Waals surface area (Å²) in [4.78, 5) is 0.0303. The molecule has 0 bridgehead atoms. The number of nitrogens with one attached hydrogen (secondary N) is 1. The Morgan fingerprint density at radius 1 is 1.38 bits per heavy atom. The van der Waals surface area contributed by atoms with Crippen molar-refractivity contribution in [1.29, 1.82) is 0 Å². The van der Waals surface area contributed by atoms with Gasteiger partial charge in [-0.05, 0) is 49.3 Å². The van der Waals surface area contributed by atoms with Crippen LogP contribution in [0.15, 0.2) is 17.0 Å². The Bertz CT molecular complexity index is 593. The zero-order chi connectivity index (χ0) is 15.6. The molecular formula is C15H23FN2O2S. The van der Waals surface area contributed by atoms with E-state index in [1.54, 1.807) is 0 Å². The lowest BCUT2D eigenvalue weighted by atomic mass is 9.83. The standard InChI is InChI=1S/C15H23FN2O2S/c1-10-4-3-5-12(6-10)9-18-21(19,20)13-7-11(2)15(16)14(17)8-13/h7-8,10,12,18H,3-6,9,17H2,1-2H3. The zero-order valence-corrected chi connectivity index (χ0v) is 13.3. The van der Waals surface area contributed by atoms with Crippen molar-refractivity contribution in [2.75, 3.05) is 12.3 Å². The number of benzene rings is 1. The Balaban J connectivity index is 2.08. The molecule has 0 saturated heterocycles. The summed E-state index contributed by atoms with van der Waals surface area (Å²) in [6.07, 6.45) is 4.47. The fourth-order valence-corrected chi connectivity index (χ4v) is 4.21. The van der Waals surface area contributed by atoms with E-state index in [-0.39, 0.29) is 16.1 Å². The number of halogens is 1. The van der Waals surface area contributed by atoms with Gasteiger partial charge in [0.25, 0.3) is 0 Å². The van der Waals surface area contributed by atoms with Crippen LogP contribution in [0.3, 0.4) is 0 Å². The van der Waals surface area contributed by atoms with Crippen LogP contribution in [-0.4, -0.2) is 15.0 Å². The molecule has 1 aromatic rings. The molecule has 6 heteroatoms. The first-order valence-corrected chi connectivity index (χ1v) is 8.83. The van der Waals surface area contributed by atoms with Gasteiger partial charge in [0.15, 0.2) is 0 Å². The highest BCUT2D eigenvalue weighted by molar-refractivity contribution is 7.89. The summed E-state index contributed by atoms with van der Waals surface area (Å²) in [6.45, 7) is 4.14. The van der Waals surface area contributed by atoms with E-state index in [1.165, 1.54) is 25.5 Å². The molecule has 0 amide bonds. The lowest BCUT2D eigenvalue weighted by Gasteiger charge is -2.26. The first kappa shape index (κ1) is 16.2. The molecule has 2 rings (SSSR count). The van der Waals surface area contributed by atoms with Crippen LogP contribution in [0.1, 0.15) is 38.2 Å². The molecular weight excluding hydrogens is 291 g/mol. The number of anilines is 1. The van der Waals surface area contributed by atoms with Crippen LogP contribution in [0.25, 0.3) is 0 Å². The predicted molar refractivity (Wildman–Crippen MR) is 81.9 cm³/mol. The Morgan fingerprint density at radius 3 is 2.71 bits per heavy atom. The molecule has 2 unspecified atom stereocenters. The highest BCUT2D eigenvalue weighted by Gasteiger charge is 2.22. The van der Waals surface area contributed by atoms with Gasteiger partial charge in [0, 0.05) is 6.54 Å². The number of sulfonamides is 1. The van der Waals surface area contributed by atoms with Gasteiger partial charge in [0.2, 0.25) is 10.0 Å². The number of nitrogens with two attached hydrogens (primary N) is 1. The second-order valence-corrected chi connectivity index (χ2v) is 7.90. The fraction of sp³-hybridized carbons (Fsp3) is 0.600. The van der Waals surface area contributed by atoms with Crippen LogP contribution in [-0.2, 0) is 10.0 Å². The molecule has 1 fully saturated rings. The first-order chi connectivity index (χ1) is 9.79. The summed E-state index contributed by atoms with van der Waals surface area (Å²) in [5.41, 5.74) is 5.61. The second-order valence-electron chi connectivity index (χ2n) is 6.13. The van der Waals surface area contributed by atoms with Gasteiger partial charge in [-0.2, -0.15) is 0 Å². The average molecular weight is 314 g/mol. The molecule has 0 spiro atoms. The normalized spacial score (nSPS) is 23.2. The molecule has 21 heavy (non-hydrogen) atoms. The van der Waals surface area contributed by atoms with Gasteiger partial charge in [-0.15, -0.1) is 0 Å². The van der Waals surface area contributed by atoms with E-state index in [2.05, 4.69) is 11.6 Å². The highest BCUT2D eigenvalue weighted by atomic mass is 32.2. The third kappa shape index (κ3) is 3.95. The number of hydrogen-bond acceptors (Lipinski definition) is 3. The minimum atomic E-state index is -3.64. The van der Waals surface area contributed by atoms with Gasteiger partial charge in [0.05, 0.1) is 10.6 Å². The zero-order valence-electron chi connectivity index (χ0n) is 12.5. The largest absolute Gasteiger partial charge is 0.396 e. The van der Waals surface area contributed by atoms with Gasteiger partial charge in [-0.25, -0.2) is 17.5 Å². The molecule has 2 atom stereocenters. The molecule has 118 valence electrons. The topological polar surface area (TPSA) is 72.2 Å². The SMILES string of the molecule is Cc1cc(S(=O)(=O)NCC2CCCC(C)C2)cc(N)c1F. The van der Waals surface area contributed by atoms with Gasteiger partial charge in [0.1, 0.15) is 5.82 Å². The number of rotatable bonds is 4. The average Bonchev–Trinajstić information content (AvgIpc) is 2.42. The van der Waals surface area contributed by atoms with Crippen molar-refractivity contribution in [1.82, 2.24) is 4.72 Å². The quantitative estimate of drug-likeness (QED) is 0.839. The maximum absolute atomic E-state index is 13.5. The Hall–Kier alpha value is -1.14. The third-order valence-corrected chi connectivity index (χ3v) is 5.58. The summed E-state index contributed by atoms with van der Waals surface area (Å²) in [7, 11) is -3.64. The van der Waals surface area contributed by atoms with Gasteiger partial charge >= 0.3 is 0 Å². The minimum absolute atomic E-state index is 0.0303. The van der Waals surface area contributed by atoms with Crippen molar-refractivity contribution in [2.45, 2.75) is 44.4 Å². The summed E-state index contributed by atoms with van der Waals surface area (Å²) in [5.74, 6) is 0.467. The van der Waals surface area contributed by atoms with Crippen molar-refractivity contribution in [3.05, 3.63) is 23.5 Å². The lowest BCUT2D eigenvalue weighted by molar-refractivity contribution is 0.283. The molecule has 1 saturated carbocycles. The monoisotopic (exact) mass is 314 g/mol. The maximum Gasteiger partial charge on any atom is 0.240 e. The Labute approximate surface area is 126 Å². The second kappa shape index (κ2) is 6.32. The highest BCUT2D eigenvalue weighted by Crippen LogP contribution is 2.28. The molecule has 1 aliphatic carbocycles. The number of hydrogen-bond donors (Lipinski definition) is 2. The summed E-state index contributed by atoms with van der Waals surface area (Å²) < 4.78 is 40.7. The van der Waals surface area contributed by atoms with Gasteiger partial charge in [-0.3, -0.25) is 0 Å². The third-order valence-electron chi connectivity index (χ3n) is 4.17. The van der Waals surface area contributed by atoms with Crippen molar-refractivity contribution in [2.24, 2.45) is 11.8 Å². The summed E-state index contributed by atoms with van der Waals surface area (Å²) in [5, 5.41) is 0. The van der Waals surface area contributed by atoms with E-state index < -0.39 is 15.8 Å². The van der Waals surface area contributed by atoms with Crippen molar-refractivity contribution in [3.8, 4) is 0 Å². The van der Waals surface area contributed by atoms with Crippen LogP contribution in [0, 0.1) is 24.6 Å². The fourth-order valence-electron chi connectivity index (χ4n) is 2.97. The first-order valence-electron chi connectivity index (χ1n) is 7.35. The van der Waals surface area contributed by atoms with E-state index in [0.717, 1.165) is 19.3 Å². The van der Waals surface area contributed by atoms with Crippen LogP contribution >= 0.6 is 0 Å². The molecule has 1 aromatic carbocycles. The van der Waals surface area contributed by atoms with Crippen molar-refractivity contribution < 1.29 is 12.8 Å². The molecule has 0 radical (unpaired) electrons. The van der Waals surface area contributed by atoms with Crippen LogP contribution < -0.4 is 10.5 Å². The molecule has 4 nitrogen and oxygen atoms in total. The maximum atomic E-state index is 13.5. The summed E-state index contributed by atoms with van der Waals surface area (Å²) in [6, 6.07) is 2.49. The summed E-state index contributed by atoms with van der Waals surface area (Å²) >= 11 is 0. The van der Waals surface area contributed by atoms with Crippen LogP contribution in [0.4, 0.5) is 10.1 Å². The Morgan fingerprint density at radius 2 is 2.10 bits per heavy atom. The predicted octanol–water partition coefficient (Wildman–Crippen LogP) is 2.82. The van der Waals surface area contributed by atoms with E-state index in [9.17, 15) is 12.8 Å². The van der Waals surface area contributed by atoms with Gasteiger partial charge < -0.3 is 5.73 Å². The van der Waals surface area contributed by atoms with Crippen LogP contribution in [0.5, 0.6) is 0 Å². The Kier molecular flexibility index (Phi) is 4.88. The smallest absolute Gasteiger partial charge is 0.240 e. The lowest BCUT2D eigenvalue weighted by Crippen LogP contribution is -2.31. The molecule has 0 aliphatic heterocycles. The van der Waals surface area contributed by atoms with Crippen LogP contribution in [0.2, 0.25) is 0 Å². The number of nitrogen functional groups attached to an aromatic ring is 1. The van der Waals surface area contributed by atoms with Gasteiger partial charge in [-0.1, -0.05) is 19.8 Å². The molecule has 0 heterocycles. The molecule has 3 N–H and O–H groups in total. The van der Waals surface area contributed by atoms with E-state index in [0.29, 0.717) is 18.4 Å².